The van der Waals surface area contributed by atoms with Crippen molar-refractivity contribution in [2.24, 2.45) is 0 Å². The molecule has 0 saturated heterocycles. The average Bonchev–Trinajstić information content (AvgIpc) is 3.16. The fourth-order valence-electron chi connectivity index (χ4n) is 3.79. The Morgan fingerprint density at radius 3 is 2.91 bits per heavy atom. The van der Waals surface area contributed by atoms with E-state index in [9.17, 15) is 9.18 Å². The number of aromatic nitrogens is 4. The van der Waals surface area contributed by atoms with Crippen molar-refractivity contribution in [2.75, 3.05) is 0 Å². The highest BCUT2D eigenvalue weighted by molar-refractivity contribution is 6.35. The first-order valence-corrected chi connectivity index (χ1v) is 10.7. The molecule has 1 aromatic carbocycles. The number of carbonyl (C=O) groups excluding carboxylic acids is 1. The highest BCUT2D eigenvalue weighted by Gasteiger charge is 2.11. The zero-order valence-electron chi connectivity index (χ0n) is 17.7. The van der Waals surface area contributed by atoms with Crippen molar-refractivity contribution >= 4 is 39.4 Å². The largest absolute Gasteiger partial charge is 0.348 e. The van der Waals surface area contributed by atoms with Crippen LogP contribution >= 0.6 is 11.6 Å². The molecule has 0 spiro atoms. The van der Waals surface area contributed by atoms with E-state index in [0.29, 0.717) is 23.6 Å². The van der Waals surface area contributed by atoms with Gasteiger partial charge in [-0.3, -0.25) is 14.8 Å². The van der Waals surface area contributed by atoms with Crippen molar-refractivity contribution < 1.29 is 9.18 Å². The SMILES string of the molecule is Cc1nc2[nH]cc(Cl)c2cc1CNC(=O)c1ccnc(Cc2ccc3ncc(F)cc3c2)c1. The van der Waals surface area contributed by atoms with Gasteiger partial charge in [-0.25, -0.2) is 9.37 Å². The molecule has 4 aromatic heterocycles. The Morgan fingerprint density at radius 1 is 1.15 bits per heavy atom. The van der Waals surface area contributed by atoms with Gasteiger partial charge >= 0.3 is 0 Å². The zero-order chi connectivity index (χ0) is 22.9. The predicted molar refractivity (Wildman–Crippen MR) is 126 cm³/mol. The minimum atomic E-state index is -0.375. The topological polar surface area (TPSA) is 83.6 Å². The number of benzene rings is 1. The van der Waals surface area contributed by atoms with E-state index in [1.807, 2.05) is 31.2 Å². The van der Waals surface area contributed by atoms with E-state index in [1.54, 1.807) is 24.5 Å². The molecule has 8 heteroatoms. The van der Waals surface area contributed by atoms with E-state index < -0.39 is 0 Å². The first-order valence-electron chi connectivity index (χ1n) is 10.4. The average molecular weight is 460 g/mol. The number of hydrogen-bond acceptors (Lipinski definition) is 4. The van der Waals surface area contributed by atoms with Crippen LogP contribution in [-0.4, -0.2) is 25.8 Å². The Labute approximate surface area is 193 Å². The fraction of sp³-hybridized carbons (Fsp3) is 0.120. The monoisotopic (exact) mass is 459 g/mol. The van der Waals surface area contributed by atoms with Crippen molar-refractivity contribution in [2.45, 2.75) is 19.9 Å². The summed E-state index contributed by atoms with van der Waals surface area (Å²) in [6.45, 7) is 2.22. The normalized spacial score (nSPS) is 11.2. The third-order valence-electron chi connectivity index (χ3n) is 5.53. The second-order valence-electron chi connectivity index (χ2n) is 7.84. The molecule has 2 N–H and O–H groups in total. The van der Waals surface area contributed by atoms with Crippen molar-refractivity contribution in [1.29, 1.82) is 0 Å². The van der Waals surface area contributed by atoms with E-state index in [2.05, 4.69) is 25.3 Å². The van der Waals surface area contributed by atoms with Gasteiger partial charge in [-0.2, -0.15) is 0 Å². The quantitative estimate of drug-likeness (QED) is 0.381. The number of aromatic amines is 1. The van der Waals surface area contributed by atoms with Gasteiger partial charge in [0.05, 0.1) is 16.7 Å². The predicted octanol–water partition coefficient (Wildman–Crippen LogP) is 5.13. The minimum absolute atomic E-state index is 0.205. The molecule has 0 atom stereocenters. The van der Waals surface area contributed by atoms with Crippen molar-refractivity contribution in [1.82, 2.24) is 25.3 Å². The lowest BCUT2D eigenvalue weighted by Crippen LogP contribution is -2.23. The number of H-pyrrole nitrogens is 1. The Morgan fingerprint density at radius 2 is 2.03 bits per heavy atom. The third kappa shape index (κ3) is 4.40. The molecule has 5 aromatic rings. The van der Waals surface area contributed by atoms with Crippen LogP contribution in [-0.2, 0) is 13.0 Å². The molecular formula is C25H19ClFN5O. The van der Waals surface area contributed by atoms with Crippen LogP contribution in [0.15, 0.2) is 61.1 Å². The Hall–Kier alpha value is -3.84. The van der Waals surface area contributed by atoms with Gasteiger partial charge in [-0.05, 0) is 54.4 Å². The number of pyridine rings is 3. The molecule has 0 radical (unpaired) electrons. The number of amides is 1. The molecule has 0 fully saturated rings. The summed E-state index contributed by atoms with van der Waals surface area (Å²) < 4.78 is 13.5. The van der Waals surface area contributed by atoms with E-state index >= 15 is 0 Å². The number of nitrogens with zero attached hydrogens (tertiary/aromatic N) is 3. The summed E-state index contributed by atoms with van der Waals surface area (Å²) in [5.74, 6) is -0.581. The van der Waals surface area contributed by atoms with E-state index in [0.717, 1.165) is 44.5 Å². The number of carbonyl (C=O) groups is 1. The van der Waals surface area contributed by atoms with Crippen LogP contribution in [0, 0.1) is 12.7 Å². The van der Waals surface area contributed by atoms with Crippen molar-refractivity contribution in [3.8, 4) is 0 Å². The highest BCUT2D eigenvalue weighted by atomic mass is 35.5. The molecule has 6 nitrogen and oxygen atoms in total. The van der Waals surface area contributed by atoms with E-state index in [-0.39, 0.29) is 11.7 Å². The van der Waals surface area contributed by atoms with Gasteiger partial charge in [0, 0.05) is 53.1 Å². The second-order valence-corrected chi connectivity index (χ2v) is 8.25. The number of rotatable bonds is 5. The van der Waals surface area contributed by atoms with Gasteiger partial charge in [-0.1, -0.05) is 17.7 Å². The number of hydrogen-bond donors (Lipinski definition) is 2. The maximum absolute atomic E-state index is 13.5. The molecule has 164 valence electrons. The molecule has 0 bridgehead atoms. The molecule has 0 aliphatic rings. The standard InChI is InChI=1S/C25H19ClFN5O/c1-14-18(10-21-22(26)13-30-24(21)32-14)11-31-25(33)16-4-5-28-20(9-16)7-15-2-3-23-17(6-15)8-19(27)12-29-23/h2-6,8-10,12-13H,7,11H2,1H3,(H,30,32)(H,31,33). The fourth-order valence-corrected chi connectivity index (χ4v) is 3.99. The zero-order valence-corrected chi connectivity index (χ0v) is 18.4. The molecule has 1 amide bonds. The Balaban J connectivity index is 1.31. The molecule has 0 saturated carbocycles. The van der Waals surface area contributed by atoms with Gasteiger partial charge in [0.15, 0.2) is 0 Å². The summed E-state index contributed by atoms with van der Waals surface area (Å²) >= 11 is 6.19. The second kappa shape index (κ2) is 8.60. The molecule has 0 aliphatic heterocycles. The lowest BCUT2D eigenvalue weighted by atomic mass is 10.0. The number of fused-ring (bicyclic) bond motifs is 2. The van der Waals surface area contributed by atoms with Crippen LogP contribution in [0.1, 0.15) is 32.9 Å². The van der Waals surface area contributed by atoms with Crippen LogP contribution in [0.25, 0.3) is 21.9 Å². The maximum atomic E-state index is 13.5. The molecular weight excluding hydrogens is 441 g/mol. The summed E-state index contributed by atoms with van der Waals surface area (Å²) in [5, 5.41) is 5.09. The van der Waals surface area contributed by atoms with Crippen LogP contribution in [0.4, 0.5) is 4.39 Å². The molecule has 33 heavy (non-hydrogen) atoms. The maximum Gasteiger partial charge on any atom is 0.251 e. The van der Waals surface area contributed by atoms with Gasteiger partial charge in [0.2, 0.25) is 0 Å². The van der Waals surface area contributed by atoms with Gasteiger partial charge in [-0.15, -0.1) is 0 Å². The molecule has 5 rings (SSSR count). The molecule has 0 aliphatic carbocycles. The summed E-state index contributed by atoms with van der Waals surface area (Å²) in [4.78, 5) is 28.8. The number of nitrogens with one attached hydrogen (secondary N) is 2. The van der Waals surface area contributed by atoms with E-state index in [1.165, 1.54) is 12.3 Å². The first-order chi connectivity index (χ1) is 16.0. The summed E-state index contributed by atoms with van der Waals surface area (Å²) in [6.07, 6.45) is 5.03. The lowest BCUT2D eigenvalue weighted by molar-refractivity contribution is 0.0950. The third-order valence-corrected chi connectivity index (χ3v) is 5.84. The highest BCUT2D eigenvalue weighted by Crippen LogP contribution is 2.24. The molecule has 0 unspecified atom stereocenters. The summed E-state index contributed by atoms with van der Waals surface area (Å²) in [5.41, 5.74) is 5.37. The van der Waals surface area contributed by atoms with E-state index in [4.69, 9.17) is 11.6 Å². The lowest BCUT2D eigenvalue weighted by Gasteiger charge is -2.09. The Bertz CT molecular complexity index is 1510. The number of aryl methyl sites for hydroxylation is 1. The number of halogens is 2. The van der Waals surface area contributed by atoms with Gasteiger partial charge < -0.3 is 10.3 Å². The van der Waals surface area contributed by atoms with Crippen LogP contribution < -0.4 is 5.32 Å². The molecule has 4 heterocycles. The van der Waals surface area contributed by atoms with Crippen LogP contribution in [0.5, 0.6) is 0 Å². The van der Waals surface area contributed by atoms with Crippen molar-refractivity contribution in [3.05, 3.63) is 100.0 Å². The minimum Gasteiger partial charge on any atom is -0.348 e. The summed E-state index contributed by atoms with van der Waals surface area (Å²) in [6, 6.07) is 12.5. The van der Waals surface area contributed by atoms with Gasteiger partial charge in [0.25, 0.3) is 5.91 Å². The van der Waals surface area contributed by atoms with Gasteiger partial charge in [0.1, 0.15) is 11.5 Å². The first kappa shape index (κ1) is 21.0. The van der Waals surface area contributed by atoms with Crippen LogP contribution in [0.2, 0.25) is 5.02 Å². The van der Waals surface area contributed by atoms with Crippen molar-refractivity contribution in [3.63, 3.8) is 0 Å². The summed E-state index contributed by atoms with van der Waals surface area (Å²) in [7, 11) is 0. The Kier molecular flexibility index (Phi) is 5.48. The smallest absolute Gasteiger partial charge is 0.251 e. The van der Waals surface area contributed by atoms with Crippen LogP contribution in [0.3, 0.4) is 0 Å².